The molecule has 4 heterocycles. The van der Waals surface area contributed by atoms with Crippen molar-refractivity contribution >= 4 is 81.9 Å². The number of hydrogen-bond donors (Lipinski definition) is 0. The first kappa shape index (κ1) is 16.2. The summed E-state index contributed by atoms with van der Waals surface area (Å²) in [5.74, 6) is 0. The fraction of sp³-hybridized carbons (Fsp3) is 0.0588. The zero-order chi connectivity index (χ0) is 15.5. The maximum absolute atomic E-state index is 2.29. The first-order chi connectivity index (χ1) is 11.3. The molecule has 0 amide bonds. The van der Waals surface area contributed by atoms with Crippen LogP contribution in [-0.4, -0.2) is 0 Å². The molecule has 0 bridgehead atoms. The lowest BCUT2D eigenvalue weighted by Crippen LogP contribution is -1.76. The fourth-order valence-electron chi connectivity index (χ4n) is 2.11. The lowest BCUT2D eigenvalue weighted by atomic mass is 10.3. The van der Waals surface area contributed by atoms with Gasteiger partial charge in [-0.25, -0.2) is 0 Å². The maximum atomic E-state index is 2.29. The normalized spacial score (nSPS) is 16.5. The van der Waals surface area contributed by atoms with Gasteiger partial charge in [0.2, 0.25) is 0 Å². The largest absolute Gasteiger partial charge is 0.141 e. The molecule has 0 unspecified atom stereocenters. The molecule has 0 aromatic carbocycles. The van der Waals surface area contributed by atoms with E-state index in [0.717, 1.165) is 6.42 Å². The van der Waals surface area contributed by atoms with Gasteiger partial charge in [-0.2, -0.15) is 0 Å². The molecule has 0 saturated carbocycles. The van der Waals surface area contributed by atoms with E-state index in [1.807, 2.05) is 22.7 Å². The van der Waals surface area contributed by atoms with Gasteiger partial charge in [-0.05, 0) is 58.0 Å². The van der Waals surface area contributed by atoms with Crippen LogP contribution in [0.2, 0.25) is 0 Å². The highest BCUT2D eigenvalue weighted by molar-refractivity contribution is 8.28. The Morgan fingerprint density at radius 3 is 1.48 bits per heavy atom. The summed E-state index contributed by atoms with van der Waals surface area (Å²) in [6.45, 7) is 0. The molecule has 0 nitrogen and oxygen atoms in total. The second-order valence-electron chi connectivity index (χ2n) is 4.73. The quantitative estimate of drug-likeness (QED) is 0.504. The lowest BCUT2D eigenvalue weighted by Gasteiger charge is -1.94. The summed E-state index contributed by atoms with van der Waals surface area (Å²) in [4.78, 5) is 5.57. The molecule has 4 rings (SSSR count). The summed E-state index contributed by atoms with van der Waals surface area (Å²) < 4.78 is 2.73. The first-order valence-corrected chi connectivity index (χ1v) is 12.1. The maximum Gasteiger partial charge on any atom is 0.0501 e. The Kier molecular flexibility index (Phi) is 5.48. The van der Waals surface area contributed by atoms with Crippen molar-refractivity contribution in [3.05, 3.63) is 73.9 Å². The highest BCUT2D eigenvalue weighted by Crippen LogP contribution is 2.41. The zero-order valence-corrected chi connectivity index (χ0v) is 16.8. The van der Waals surface area contributed by atoms with Crippen LogP contribution in [0.15, 0.2) is 54.4 Å². The highest BCUT2D eigenvalue weighted by Gasteiger charge is 2.07. The van der Waals surface area contributed by atoms with Crippen LogP contribution in [0.5, 0.6) is 0 Å². The van der Waals surface area contributed by atoms with Crippen LogP contribution >= 0.6 is 69.7 Å². The van der Waals surface area contributed by atoms with Gasteiger partial charge in [-0.1, -0.05) is 47.0 Å². The van der Waals surface area contributed by atoms with Crippen molar-refractivity contribution < 1.29 is 0 Å². The number of hydrogen-bond acceptors (Lipinski definition) is 6. The van der Waals surface area contributed by atoms with Crippen LogP contribution < -0.4 is 0 Å². The first-order valence-electron chi connectivity index (χ1n) is 6.93. The van der Waals surface area contributed by atoms with Gasteiger partial charge in [0, 0.05) is 25.9 Å². The molecular formula is C17H12S6. The van der Waals surface area contributed by atoms with E-state index in [-0.39, 0.29) is 0 Å². The summed E-state index contributed by atoms with van der Waals surface area (Å²) in [7, 11) is 0. The summed E-state index contributed by atoms with van der Waals surface area (Å²) in [5, 5.41) is 8.57. The van der Waals surface area contributed by atoms with Gasteiger partial charge in [0.1, 0.15) is 0 Å². The Morgan fingerprint density at radius 2 is 1.04 bits per heavy atom. The van der Waals surface area contributed by atoms with Crippen LogP contribution in [0.1, 0.15) is 19.5 Å². The highest BCUT2D eigenvalue weighted by atomic mass is 32.2. The van der Waals surface area contributed by atoms with Gasteiger partial charge in [0.15, 0.2) is 0 Å². The van der Waals surface area contributed by atoms with Crippen molar-refractivity contribution in [2.75, 3.05) is 0 Å². The predicted molar refractivity (Wildman–Crippen MR) is 116 cm³/mol. The van der Waals surface area contributed by atoms with Gasteiger partial charge < -0.3 is 0 Å². The van der Waals surface area contributed by atoms with Crippen molar-refractivity contribution in [3.63, 3.8) is 0 Å². The van der Waals surface area contributed by atoms with Crippen molar-refractivity contribution in [1.29, 1.82) is 0 Å². The van der Waals surface area contributed by atoms with E-state index >= 15 is 0 Å². The standard InChI is InChI=1S/C17H12S6/c1-3-14(10-16-18-5-6-19-16)22-12(1)9-13-2-4-15(23-13)11-17-20-7-8-21-17/h1-8,10-11H,9H2. The molecule has 0 N–H and O–H groups in total. The Morgan fingerprint density at radius 1 is 0.609 bits per heavy atom. The number of rotatable bonds is 4. The van der Waals surface area contributed by atoms with Gasteiger partial charge >= 0.3 is 0 Å². The molecule has 0 aliphatic carbocycles. The minimum absolute atomic E-state index is 1.04. The molecule has 0 fully saturated rings. The smallest absolute Gasteiger partial charge is 0.0501 e. The van der Waals surface area contributed by atoms with Crippen molar-refractivity contribution in [2.45, 2.75) is 6.42 Å². The number of thiophene rings is 2. The Bertz CT molecular complexity index is 730. The van der Waals surface area contributed by atoms with Crippen LogP contribution in [0.4, 0.5) is 0 Å². The molecule has 2 aliphatic heterocycles. The fourth-order valence-corrected chi connectivity index (χ4v) is 7.77. The molecule has 23 heavy (non-hydrogen) atoms. The molecular weight excluding hydrogens is 397 g/mol. The Labute approximate surface area is 161 Å². The average molecular weight is 409 g/mol. The van der Waals surface area contributed by atoms with E-state index < -0.39 is 0 Å². The molecule has 2 aromatic rings. The monoisotopic (exact) mass is 408 g/mol. The second kappa shape index (κ2) is 7.76. The summed E-state index contributed by atoms with van der Waals surface area (Å²) in [6, 6.07) is 9.00. The van der Waals surface area contributed by atoms with E-state index in [1.165, 1.54) is 28.0 Å². The molecule has 0 radical (unpaired) electrons. The minimum atomic E-state index is 1.04. The van der Waals surface area contributed by atoms with E-state index in [9.17, 15) is 0 Å². The second-order valence-corrected chi connectivity index (χ2v) is 11.4. The van der Waals surface area contributed by atoms with Crippen molar-refractivity contribution in [2.24, 2.45) is 0 Å². The molecule has 6 heteroatoms. The molecule has 0 atom stereocenters. The third-order valence-electron chi connectivity index (χ3n) is 3.08. The molecule has 2 aliphatic rings. The average Bonchev–Trinajstić information content (AvgIpc) is 3.31. The van der Waals surface area contributed by atoms with Gasteiger partial charge in [0.25, 0.3) is 0 Å². The van der Waals surface area contributed by atoms with E-state index in [4.69, 9.17) is 0 Å². The topological polar surface area (TPSA) is 0 Å². The molecule has 116 valence electrons. The van der Waals surface area contributed by atoms with Gasteiger partial charge in [-0.3, -0.25) is 0 Å². The molecule has 0 saturated heterocycles. The lowest BCUT2D eigenvalue weighted by molar-refractivity contribution is 1.31. The van der Waals surface area contributed by atoms with E-state index in [2.05, 4.69) is 58.0 Å². The van der Waals surface area contributed by atoms with Crippen LogP contribution in [0.25, 0.3) is 12.2 Å². The van der Waals surface area contributed by atoms with Crippen LogP contribution in [0, 0.1) is 0 Å². The summed E-state index contributed by atoms with van der Waals surface area (Å²) in [6.07, 6.45) is 5.61. The van der Waals surface area contributed by atoms with E-state index in [1.54, 1.807) is 47.0 Å². The third kappa shape index (κ3) is 4.44. The van der Waals surface area contributed by atoms with Gasteiger partial charge in [0.05, 0.1) is 8.47 Å². The summed E-state index contributed by atoms with van der Waals surface area (Å²) >= 11 is 11.0. The zero-order valence-electron chi connectivity index (χ0n) is 11.9. The molecule has 2 aromatic heterocycles. The molecule has 0 spiro atoms. The van der Waals surface area contributed by atoms with Crippen molar-refractivity contribution in [1.82, 2.24) is 0 Å². The minimum Gasteiger partial charge on any atom is -0.141 e. The van der Waals surface area contributed by atoms with Crippen LogP contribution in [-0.2, 0) is 6.42 Å². The van der Waals surface area contributed by atoms with E-state index in [0.29, 0.717) is 0 Å². The van der Waals surface area contributed by atoms with Gasteiger partial charge in [-0.15, -0.1) is 22.7 Å². The third-order valence-corrected chi connectivity index (χ3v) is 9.13. The van der Waals surface area contributed by atoms with Crippen molar-refractivity contribution in [3.8, 4) is 0 Å². The Hall–Kier alpha value is -0.240. The summed E-state index contributed by atoms with van der Waals surface area (Å²) in [5.41, 5.74) is 0. The van der Waals surface area contributed by atoms with Crippen LogP contribution in [0.3, 0.4) is 0 Å². The number of thioether (sulfide) groups is 4. The SMILES string of the molecule is C1=CSC(=Cc2ccc(Cc3ccc(C=C4SC=CS4)s3)s2)S1. The predicted octanol–water partition coefficient (Wildman–Crippen LogP) is 7.90. The Balaban J connectivity index is 1.42.